The Kier molecular flexibility index (Phi) is 3.31. The number of aliphatic hydroxyl groups excluding tert-OH is 1. The fourth-order valence-corrected chi connectivity index (χ4v) is 1.62. The van der Waals surface area contributed by atoms with Crippen molar-refractivity contribution in [2.24, 2.45) is 0 Å². The molecule has 0 bridgehead atoms. The number of terminal acetylenes is 1. The molecule has 0 atom stereocenters. The smallest absolute Gasteiger partial charge is 0.254 e. The van der Waals surface area contributed by atoms with Gasteiger partial charge in [-0.25, -0.2) is 0 Å². The van der Waals surface area contributed by atoms with Crippen LogP contribution in [-0.4, -0.2) is 41.7 Å². The molecule has 0 saturated carbocycles. The van der Waals surface area contributed by atoms with Gasteiger partial charge in [0.05, 0.1) is 6.10 Å². The Bertz CT molecular complexity index is 441. The summed E-state index contributed by atoms with van der Waals surface area (Å²) in [5.74, 6) is 2.94. The molecule has 1 aromatic rings. The van der Waals surface area contributed by atoms with Gasteiger partial charge in [-0.2, -0.15) is 0 Å². The molecule has 0 aliphatic carbocycles. The molecule has 1 heterocycles. The average molecular weight is 231 g/mol. The SMILES string of the molecule is C#CCOc1ccc(C(=O)N2CC(O)C2)cc1. The minimum absolute atomic E-state index is 0.0706. The van der Waals surface area contributed by atoms with Gasteiger partial charge in [0.15, 0.2) is 0 Å². The summed E-state index contributed by atoms with van der Waals surface area (Å²) in [6.07, 6.45) is 4.70. The van der Waals surface area contributed by atoms with Crippen LogP contribution in [0.3, 0.4) is 0 Å². The third kappa shape index (κ3) is 2.58. The largest absolute Gasteiger partial charge is 0.481 e. The zero-order valence-corrected chi connectivity index (χ0v) is 9.30. The second-order valence-electron chi connectivity index (χ2n) is 3.88. The molecule has 1 N–H and O–H groups in total. The highest BCUT2D eigenvalue weighted by Crippen LogP contribution is 2.16. The predicted octanol–water partition coefficient (Wildman–Crippen LogP) is 0.515. The van der Waals surface area contributed by atoms with Crippen LogP contribution in [0.5, 0.6) is 5.75 Å². The van der Waals surface area contributed by atoms with Gasteiger partial charge in [-0.05, 0) is 24.3 Å². The maximum atomic E-state index is 11.8. The molecule has 4 nitrogen and oxygen atoms in total. The molecule has 0 radical (unpaired) electrons. The van der Waals surface area contributed by atoms with E-state index in [2.05, 4.69) is 5.92 Å². The fraction of sp³-hybridized carbons (Fsp3) is 0.308. The summed E-state index contributed by atoms with van der Waals surface area (Å²) in [4.78, 5) is 13.4. The third-order valence-electron chi connectivity index (χ3n) is 2.57. The standard InChI is InChI=1S/C13H13NO3/c1-2-7-17-12-5-3-10(4-6-12)13(16)14-8-11(15)9-14/h1,3-6,11,15H,7-9H2. The summed E-state index contributed by atoms with van der Waals surface area (Å²) < 4.78 is 5.21. The number of β-amino-alcohol motifs (C(OH)–C–C–N with tert-alkyl or cyclic N) is 1. The third-order valence-corrected chi connectivity index (χ3v) is 2.57. The summed E-state index contributed by atoms with van der Waals surface area (Å²) in [7, 11) is 0. The molecule has 1 aliphatic rings. The molecule has 88 valence electrons. The van der Waals surface area contributed by atoms with Crippen LogP contribution in [0.25, 0.3) is 0 Å². The van der Waals surface area contributed by atoms with Crippen molar-refractivity contribution in [2.75, 3.05) is 19.7 Å². The Labute approximate surface area is 99.8 Å². The van der Waals surface area contributed by atoms with E-state index in [4.69, 9.17) is 16.3 Å². The lowest BCUT2D eigenvalue weighted by Crippen LogP contribution is -2.53. The molecule has 1 amide bonds. The molecule has 1 saturated heterocycles. The molecule has 1 aromatic carbocycles. The number of hydrogen-bond acceptors (Lipinski definition) is 3. The van der Waals surface area contributed by atoms with Crippen molar-refractivity contribution in [3.05, 3.63) is 29.8 Å². The second kappa shape index (κ2) is 4.89. The van der Waals surface area contributed by atoms with Gasteiger partial charge in [0.1, 0.15) is 12.4 Å². The molecular weight excluding hydrogens is 218 g/mol. The van der Waals surface area contributed by atoms with Crippen LogP contribution in [0.1, 0.15) is 10.4 Å². The number of rotatable bonds is 3. The Balaban J connectivity index is 1.98. The normalized spacial score (nSPS) is 14.9. The van der Waals surface area contributed by atoms with Crippen molar-refractivity contribution in [3.8, 4) is 18.1 Å². The van der Waals surface area contributed by atoms with E-state index in [-0.39, 0.29) is 18.6 Å². The molecule has 17 heavy (non-hydrogen) atoms. The van der Waals surface area contributed by atoms with Gasteiger partial charge < -0.3 is 14.7 Å². The molecule has 1 fully saturated rings. The van der Waals surface area contributed by atoms with Gasteiger partial charge in [0.2, 0.25) is 0 Å². The summed E-state index contributed by atoms with van der Waals surface area (Å²) >= 11 is 0. The maximum Gasteiger partial charge on any atom is 0.254 e. The van der Waals surface area contributed by atoms with Crippen molar-refractivity contribution < 1.29 is 14.6 Å². The summed E-state index contributed by atoms with van der Waals surface area (Å²) in [5, 5.41) is 9.12. The highest BCUT2D eigenvalue weighted by Gasteiger charge is 2.29. The van der Waals surface area contributed by atoms with Gasteiger partial charge in [-0.15, -0.1) is 6.42 Å². The fourth-order valence-electron chi connectivity index (χ4n) is 1.62. The van der Waals surface area contributed by atoms with Gasteiger partial charge >= 0.3 is 0 Å². The van der Waals surface area contributed by atoms with E-state index in [0.717, 1.165) is 0 Å². The van der Waals surface area contributed by atoms with E-state index in [1.54, 1.807) is 29.2 Å². The predicted molar refractivity (Wildman–Crippen MR) is 62.7 cm³/mol. The van der Waals surface area contributed by atoms with Crippen LogP contribution in [0.15, 0.2) is 24.3 Å². The number of benzene rings is 1. The van der Waals surface area contributed by atoms with Crippen LogP contribution >= 0.6 is 0 Å². The van der Waals surface area contributed by atoms with E-state index >= 15 is 0 Å². The zero-order chi connectivity index (χ0) is 12.3. The number of nitrogens with zero attached hydrogens (tertiary/aromatic N) is 1. The Morgan fingerprint density at radius 3 is 2.65 bits per heavy atom. The first kappa shape index (κ1) is 11.5. The van der Waals surface area contributed by atoms with Gasteiger partial charge in [-0.1, -0.05) is 5.92 Å². The Morgan fingerprint density at radius 1 is 1.47 bits per heavy atom. The molecule has 4 heteroatoms. The van der Waals surface area contributed by atoms with E-state index < -0.39 is 0 Å². The van der Waals surface area contributed by atoms with E-state index in [1.165, 1.54) is 0 Å². The topological polar surface area (TPSA) is 49.8 Å². The first-order valence-electron chi connectivity index (χ1n) is 5.34. The monoisotopic (exact) mass is 231 g/mol. The summed E-state index contributed by atoms with van der Waals surface area (Å²) in [6, 6.07) is 6.80. The lowest BCUT2D eigenvalue weighted by atomic mass is 10.1. The van der Waals surface area contributed by atoms with Gasteiger partial charge in [0.25, 0.3) is 5.91 Å². The van der Waals surface area contributed by atoms with Crippen LogP contribution in [-0.2, 0) is 0 Å². The first-order valence-corrected chi connectivity index (χ1v) is 5.34. The van der Waals surface area contributed by atoms with Crippen LogP contribution in [0, 0.1) is 12.3 Å². The first-order chi connectivity index (χ1) is 8.20. The molecule has 1 aliphatic heterocycles. The number of hydrogen-bond donors (Lipinski definition) is 1. The lowest BCUT2D eigenvalue weighted by molar-refractivity contribution is 0.00589. The van der Waals surface area contributed by atoms with Crippen molar-refractivity contribution in [1.82, 2.24) is 4.90 Å². The van der Waals surface area contributed by atoms with Crippen LogP contribution in [0.4, 0.5) is 0 Å². The van der Waals surface area contributed by atoms with Crippen molar-refractivity contribution in [2.45, 2.75) is 6.10 Å². The number of ether oxygens (including phenoxy) is 1. The van der Waals surface area contributed by atoms with E-state index in [0.29, 0.717) is 24.4 Å². The van der Waals surface area contributed by atoms with E-state index in [1.807, 2.05) is 0 Å². The Hall–Kier alpha value is -1.99. The number of carbonyl (C=O) groups is 1. The Morgan fingerprint density at radius 2 is 2.12 bits per heavy atom. The number of amides is 1. The molecule has 0 spiro atoms. The minimum atomic E-state index is -0.378. The van der Waals surface area contributed by atoms with Crippen molar-refractivity contribution in [1.29, 1.82) is 0 Å². The lowest BCUT2D eigenvalue weighted by Gasteiger charge is -2.35. The number of carbonyl (C=O) groups excluding carboxylic acids is 1. The summed E-state index contributed by atoms with van der Waals surface area (Å²) in [6.45, 7) is 1.04. The van der Waals surface area contributed by atoms with Gasteiger partial charge in [0, 0.05) is 18.7 Å². The van der Waals surface area contributed by atoms with E-state index in [9.17, 15) is 4.79 Å². The molecular formula is C13H13NO3. The van der Waals surface area contributed by atoms with Crippen LogP contribution in [0.2, 0.25) is 0 Å². The zero-order valence-electron chi connectivity index (χ0n) is 9.30. The number of aliphatic hydroxyl groups is 1. The minimum Gasteiger partial charge on any atom is -0.481 e. The molecule has 2 rings (SSSR count). The molecule has 0 aromatic heterocycles. The second-order valence-corrected chi connectivity index (χ2v) is 3.88. The van der Waals surface area contributed by atoms with Crippen molar-refractivity contribution in [3.63, 3.8) is 0 Å². The highest BCUT2D eigenvalue weighted by molar-refractivity contribution is 5.94. The van der Waals surface area contributed by atoms with Crippen LogP contribution < -0.4 is 4.74 Å². The van der Waals surface area contributed by atoms with Gasteiger partial charge in [-0.3, -0.25) is 4.79 Å². The molecule has 0 unspecified atom stereocenters. The highest BCUT2D eigenvalue weighted by atomic mass is 16.5. The quantitative estimate of drug-likeness (QED) is 0.771. The average Bonchev–Trinajstić information content (AvgIpc) is 2.32. The maximum absolute atomic E-state index is 11.8. The number of likely N-dealkylation sites (tertiary alicyclic amines) is 1. The van der Waals surface area contributed by atoms with Crippen molar-refractivity contribution >= 4 is 5.91 Å². The summed E-state index contributed by atoms with van der Waals surface area (Å²) in [5.41, 5.74) is 0.588.